The molecule has 0 radical (unpaired) electrons. The Morgan fingerprint density at radius 1 is 1.07 bits per heavy atom. The maximum Gasteiger partial charge on any atom is 0.274 e. The van der Waals surface area contributed by atoms with Crippen LogP contribution in [0, 0.1) is 11.3 Å². The first-order chi connectivity index (χ1) is 14.1. The Kier molecular flexibility index (Phi) is 6.41. The molecule has 144 valence electrons. The van der Waals surface area contributed by atoms with Crippen molar-refractivity contribution in [3.63, 3.8) is 0 Å². The summed E-state index contributed by atoms with van der Waals surface area (Å²) >= 11 is 0. The minimum atomic E-state index is -0.536. The highest BCUT2D eigenvalue weighted by molar-refractivity contribution is 5.93. The quantitative estimate of drug-likeness (QED) is 0.419. The molecule has 0 bridgehead atoms. The zero-order valence-electron chi connectivity index (χ0n) is 16.0. The average Bonchev–Trinajstić information content (AvgIpc) is 2.78. The lowest BCUT2D eigenvalue weighted by molar-refractivity contribution is 0.0706. The number of hydrogen-bond donors (Lipinski definition) is 3. The van der Waals surface area contributed by atoms with Crippen molar-refractivity contribution in [2.75, 3.05) is 11.9 Å². The zero-order chi connectivity index (χ0) is 20.6. The highest BCUT2D eigenvalue weighted by Crippen LogP contribution is 2.26. The fraction of sp³-hybridized carbons (Fsp3) is 0.0833. The summed E-state index contributed by atoms with van der Waals surface area (Å²) in [6, 6.07) is 24.9. The Labute approximate surface area is 169 Å². The van der Waals surface area contributed by atoms with Gasteiger partial charge in [-0.2, -0.15) is 5.26 Å². The number of amides is 1. The number of hydrogen-bond acceptors (Lipinski definition) is 4. The van der Waals surface area contributed by atoms with Gasteiger partial charge in [-0.1, -0.05) is 60.2 Å². The number of carbonyl (C=O) groups is 1. The average molecular weight is 383 g/mol. The molecule has 0 heterocycles. The van der Waals surface area contributed by atoms with Crippen LogP contribution in [0.1, 0.15) is 28.4 Å². The summed E-state index contributed by atoms with van der Waals surface area (Å²) in [5.41, 5.74) is 7.49. The molecule has 0 aliphatic rings. The lowest BCUT2D eigenvalue weighted by Crippen LogP contribution is -2.18. The molecule has 0 saturated heterocycles. The van der Waals surface area contributed by atoms with Crippen LogP contribution in [0.5, 0.6) is 0 Å². The Bertz CT molecular complexity index is 1070. The number of carbonyl (C=O) groups excluding carboxylic acids is 1. The lowest BCUT2D eigenvalue weighted by atomic mass is 10.00. The molecule has 0 saturated carbocycles. The van der Waals surface area contributed by atoms with Crippen LogP contribution in [0.3, 0.4) is 0 Å². The van der Waals surface area contributed by atoms with Crippen LogP contribution < -0.4 is 10.8 Å². The second kappa shape index (κ2) is 9.36. The summed E-state index contributed by atoms with van der Waals surface area (Å²) in [7, 11) is 0. The van der Waals surface area contributed by atoms with E-state index in [1.807, 2.05) is 73.7 Å². The van der Waals surface area contributed by atoms with Crippen molar-refractivity contribution in [3.8, 4) is 17.2 Å². The Hall–Kier alpha value is -3.88. The van der Waals surface area contributed by atoms with Crippen molar-refractivity contribution in [1.82, 2.24) is 5.48 Å². The van der Waals surface area contributed by atoms with Gasteiger partial charge in [-0.05, 0) is 47.9 Å². The predicted molar refractivity (Wildman–Crippen MR) is 114 cm³/mol. The summed E-state index contributed by atoms with van der Waals surface area (Å²) in [4.78, 5) is 11.4. The summed E-state index contributed by atoms with van der Waals surface area (Å²) in [5.74, 6) is -0.536. The number of hydroxylamine groups is 1. The first-order valence-electron chi connectivity index (χ1n) is 9.16. The summed E-state index contributed by atoms with van der Waals surface area (Å²) in [6.45, 7) is 2.62. The van der Waals surface area contributed by atoms with E-state index in [2.05, 4.69) is 11.4 Å². The highest BCUT2D eigenvalue weighted by atomic mass is 16.5. The Morgan fingerprint density at radius 3 is 2.45 bits per heavy atom. The minimum absolute atomic E-state index is 0.392. The van der Waals surface area contributed by atoms with Gasteiger partial charge in [-0.25, -0.2) is 5.48 Å². The molecule has 1 amide bonds. The standard InChI is InChI=1S/C24H21N3O2/c1-17(13-18-7-9-20(10-8-18)24(28)27-29)16-26-22-11-12-23(21(14-22)15-25)19-5-3-2-4-6-19/h2-14,26,29H,16H2,1H3,(H,27,28)/b17-13+. The largest absolute Gasteiger partial charge is 0.381 e. The molecule has 3 aromatic carbocycles. The van der Waals surface area contributed by atoms with Gasteiger partial charge < -0.3 is 5.32 Å². The van der Waals surface area contributed by atoms with Gasteiger partial charge in [0.05, 0.1) is 11.6 Å². The summed E-state index contributed by atoms with van der Waals surface area (Å²) < 4.78 is 0. The third-order valence-electron chi connectivity index (χ3n) is 4.48. The predicted octanol–water partition coefficient (Wildman–Crippen LogP) is 4.86. The minimum Gasteiger partial charge on any atom is -0.381 e. The normalized spacial score (nSPS) is 10.9. The smallest absolute Gasteiger partial charge is 0.274 e. The van der Waals surface area contributed by atoms with Crippen LogP contribution in [-0.4, -0.2) is 17.7 Å². The topological polar surface area (TPSA) is 85.2 Å². The van der Waals surface area contributed by atoms with Crippen LogP contribution in [0.15, 0.2) is 78.4 Å². The van der Waals surface area contributed by atoms with Crippen LogP contribution in [0.2, 0.25) is 0 Å². The first kappa shape index (κ1) is 19.9. The number of anilines is 1. The molecular formula is C24H21N3O2. The van der Waals surface area contributed by atoms with E-state index in [0.29, 0.717) is 17.7 Å². The molecule has 0 atom stereocenters. The monoisotopic (exact) mass is 383 g/mol. The molecule has 3 aromatic rings. The maximum absolute atomic E-state index is 11.4. The third kappa shape index (κ3) is 5.10. The van der Waals surface area contributed by atoms with Gasteiger partial charge in [0.25, 0.3) is 5.91 Å². The molecule has 0 spiro atoms. The molecule has 3 rings (SSSR count). The van der Waals surface area contributed by atoms with Crippen LogP contribution >= 0.6 is 0 Å². The highest BCUT2D eigenvalue weighted by Gasteiger charge is 2.06. The van der Waals surface area contributed by atoms with Gasteiger partial charge in [0.15, 0.2) is 0 Å². The van der Waals surface area contributed by atoms with Gasteiger partial charge in [0.2, 0.25) is 0 Å². The summed E-state index contributed by atoms with van der Waals surface area (Å²) in [5, 5.41) is 21.5. The van der Waals surface area contributed by atoms with Crippen LogP contribution in [0.4, 0.5) is 5.69 Å². The van der Waals surface area contributed by atoms with Crippen LogP contribution in [0.25, 0.3) is 17.2 Å². The Balaban J connectivity index is 1.68. The van der Waals surface area contributed by atoms with Crippen molar-refractivity contribution in [2.24, 2.45) is 0 Å². The number of nitrogens with zero attached hydrogens (tertiary/aromatic N) is 1. The second-order valence-electron chi connectivity index (χ2n) is 6.65. The fourth-order valence-corrected chi connectivity index (χ4v) is 2.99. The SMILES string of the molecule is C/C(=C\c1ccc(C(=O)NO)cc1)CNc1ccc(-c2ccccc2)c(C#N)c1. The van der Waals surface area contributed by atoms with E-state index in [0.717, 1.165) is 28.0 Å². The molecule has 0 unspecified atom stereocenters. The fourth-order valence-electron chi connectivity index (χ4n) is 2.99. The molecule has 0 aliphatic heterocycles. The van der Waals surface area contributed by atoms with E-state index in [1.54, 1.807) is 17.6 Å². The van der Waals surface area contributed by atoms with Gasteiger partial charge in [-0.15, -0.1) is 0 Å². The van der Waals surface area contributed by atoms with E-state index in [-0.39, 0.29) is 0 Å². The van der Waals surface area contributed by atoms with E-state index < -0.39 is 5.91 Å². The van der Waals surface area contributed by atoms with Gasteiger partial charge in [0, 0.05) is 17.8 Å². The Morgan fingerprint density at radius 2 is 1.79 bits per heavy atom. The lowest BCUT2D eigenvalue weighted by Gasteiger charge is -2.10. The van der Waals surface area contributed by atoms with E-state index in [9.17, 15) is 10.1 Å². The molecule has 5 nitrogen and oxygen atoms in total. The molecule has 3 N–H and O–H groups in total. The number of nitriles is 1. The molecule has 0 aromatic heterocycles. The molecule has 5 heteroatoms. The molecule has 29 heavy (non-hydrogen) atoms. The first-order valence-corrected chi connectivity index (χ1v) is 9.16. The number of nitrogens with one attached hydrogen (secondary N) is 2. The van der Waals surface area contributed by atoms with Crippen molar-refractivity contribution in [2.45, 2.75) is 6.92 Å². The zero-order valence-corrected chi connectivity index (χ0v) is 16.0. The summed E-state index contributed by atoms with van der Waals surface area (Å²) in [6.07, 6.45) is 2.01. The molecule has 0 fully saturated rings. The van der Waals surface area contributed by atoms with Crippen LogP contribution in [-0.2, 0) is 0 Å². The van der Waals surface area contributed by atoms with Gasteiger partial charge >= 0.3 is 0 Å². The van der Waals surface area contributed by atoms with Gasteiger partial charge in [-0.3, -0.25) is 10.0 Å². The van der Waals surface area contributed by atoms with E-state index in [4.69, 9.17) is 5.21 Å². The van der Waals surface area contributed by atoms with Gasteiger partial charge in [0.1, 0.15) is 0 Å². The van der Waals surface area contributed by atoms with Crippen molar-refractivity contribution >= 4 is 17.7 Å². The van der Waals surface area contributed by atoms with Crippen molar-refractivity contribution < 1.29 is 10.0 Å². The van der Waals surface area contributed by atoms with Crippen molar-refractivity contribution in [3.05, 3.63) is 95.1 Å². The van der Waals surface area contributed by atoms with E-state index in [1.165, 1.54) is 0 Å². The third-order valence-corrected chi connectivity index (χ3v) is 4.48. The number of rotatable bonds is 6. The van der Waals surface area contributed by atoms with E-state index >= 15 is 0 Å². The maximum atomic E-state index is 11.4. The number of benzene rings is 3. The second-order valence-corrected chi connectivity index (χ2v) is 6.65. The van der Waals surface area contributed by atoms with Crippen molar-refractivity contribution in [1.29, 1.82) is 5.26 Å². The molecular weight excluding hydrogens is 362 g/mol. The molecule has 0 aliphatic carbocycles.